The maximum atomic E-state index is 11.2. The fourth-order valence-electron chi connectivity index (χ4n) is 2.09. The molecule has 3 rings (SSSR count). The molecule has 0 aliphatic heterocycles. The minimum atomic E-state index is -0.150. The molecule has 2 aromatic carbocycles. The van der Waals surface area contributed by atoms with Gasteiger partial charge in [-0.25, -0.2) is 4.98 Å². The van der Waals surface area contributed by atoms with E-state index in [4.69, 9.17) is 4.74 Å². The lowest BCUT2D eigenvalue weighted by Crippen LogP contribution is -2.24. The van der Waals surface area contributed by atoms with Gasteiger partial charge in [0.25, 0.3) is 5.91 Å². The van der Waals surface area contributed by atoms with Gasteiger partial charge in [0.05, 0.1) is 10.2 Å². The van der Waals surface area contributed by atoms with Gasteiger partial charge in [-0.2, -0.15) is 0 Å². The summed E-state index contributed by atoms with van der Waals surface area (Å²) in [4.78, 5) is 15.8. The summed E-state index contributed by atoms with van der Waals surface area (Å²) in [5.74, 6) is 0.528. The van der Waals surface area contributed by atoms with E-state index in [1.807, 2.05) is 42.5 Å². The van der Waals surface area contributed by atoms with Gasteiger partial charge >= 0.3 is 0 Å². The number of nitrogens with zero attached hydrogens (tertiary/aromatic N) is 1. The average Bonchev–Trinajstić information content (AvgIpc) is 3.01. The van der Waals surface area contributed by atoms with Crippen molar-refractivity contribution < 1.29 is 9.53 Å². The molecule has 1 amide bonds. The first-order chi connectivity index (χ1) is 11.2. The van der Waals surface area contributed by atoms with Crippen molar-refractivity contribution in [2.75, 3.05) is 19.0 Å². The molecular formula is C17H17N3O2S. The van der Waals surface area contributed by atoms with E-state index in [0.717, 1.165) is 20.9 Å². The Hall–Kier alpha value is -2.60. The Balaban J connectivity index is 1.62. The van der Waals surface area contributed by atoms with Crippen LogP contribution in [0.3, 0.4) is 0 Å². The number of hydrogen-bond acceptors (Lipinski definition) is 5. The number of rotatable bonds is 6. The Morgan fingerprint density at radius 2 is 2.09 bits per heavy atom. The molecule has 23 heavy (non-hydrogen) atoms. The summed E-state index contributed by atoms with van der Waals surface area (Å²) in [6.45, 7) is 0.669. The molecular weight excluding hydrogens is 310 g/mol. The summed E-state index contributed by atoms with van der Waals surface area (Å²) in [6, 6.07) is 15.7. The Labute approximate surface area is 138 Å². The lowest BCUT2D eigenvalue weighted by molar-refractivity contribution is -0.122. The first-order valence-electron chi connectivity index (χ1n) is 7.26. The number of thiazole rings is 1. The quantitative estimate of drug-likeness (QED) is 0.730. The molecule has 0 saturated carbocycles. The zero-order valence-electron chi connectivity index (χ0n) is 12.7. The molecule has 5 nitrogen and oxygen atoms in total. The molecule has 0 atom stereocenters. The number of anilines is 1. The second-order valence-electron chi connectivity index (χ2n) is 4.95. The lowest BCUT2D eigenvalue weighted by Gasteiger charge is -2.08. The van der Waals surface area contributed by atoms with Crippen LogP contribution in [0.25, 0.3) is 10.2 Å². The maximum Gasteiger partial charge on any atom is 0.257 e. The van der Waals surface area contributed by atoms with Crippen LogP contribution in [-0.2, 0) is 11.3 Å². The highest BCUT2D eigenvalue weighted by Crippen LogP contribution is 2.26. The summed E-state index contributed by atoms with van der Waals surface area (Å²) < 4.78 is 6.61. The molecule has 118 valence electrons. The monoisotopic (exact) mass is 327 g/mol. The van der Waals surface area contributed by atoms with Crippen LogP contribution in [0, 0.1) is 0 Å². The van der Waals surface area contributed by atoms with Gasteiger partial charge in [-0.3, -0.25) is 4.79 Å². The number of likely N-dealkylation sites (N-methyl/N-ethyl adjacent to an activating group) is 1. The maximum absolute atomic E-state index is 11.2. The SMILES string of the molecule is CNC(=O)COc1cccc(CNc2nc3ccccc3s2)c1. The molecule has 2 N–H and O–H groups in total. The Bertz CT molecular complexity index is 783. The van der Waals surface area contributed by atoms with Crippen LogP contribution >= 0.6 is 11.3 Å². The lowest BCUT2D eigenvalue weighted by atomic mass is 10.2. The van der Waals surface area contributed by atoms with E-state index >= 15 is 0 Å². The number of fused-ring (bicyclic) bond motifs is 1. The van der Waals surface area contributed by atoms with Crippen LogP contribution in [0.2, 0.25) is 0 Å². The molecule has 0 aliphatic rings. The number of ether oxygens (including phenoxy) is 1. The molecule has 0 bridgehead atoms. The molecule has 1 aromatic heterocycles. The van der Waals surface area contributed by atoms with E-state index in [0.29, 0.717) is 12.3 Å². The van der Waals surface area contributed by atoms with Gasteiger partial charge in [-0.05, 0) is 29.8 Å². The first kappa shape index (κ1) is 15.3. The number of amides is 1. The largest absolute Gasteiger partial charge is 0.484 e. The molecule has 0 radical (unpaired) electrons. The van der Waals surface area contributed by atoms with Crippen molar-refractivity contribution in [3.63, 3.8) is 0 Å². The number of hydrogen-bond donors (Lipinski definition) is 2. The van der Waals surface area contributed by atoms with E-state index in [1.54, 1.807) is 18.4 Å². The highest BCUT2D eigenvalue weighted by Gasteiger charge is 2.04. The fourth-order valence-corrected chi connectivity index (χ4v) is 2.95. The van der Waals surface area contributed by atoms with E-state index in [-0.39, 0.29) is 12.5 Å². The van der Waals surface area contributed by atoms with Gasteiger partial charge < -0.3 is 15.4 Å². The summed E-state index contributed by atoms with van der Waals surface area (Å²) >= 11 is 1.63. The molecule has 0 saturated heterocycles. The highest BCUT2D eigenvalue weighted by atomic mass is 32.1. The van der Waals surface area contributed by atoms with Crippen molar-refractivity contribution in [1.29, 1.82) is 0 Å². The predicted molar refractivity (Wildman–Crippen MR) is 93.0 cm³/mol. The van der Waals surface area contributed by atoms with Crippen LogP contribution in [-0.4, -0.2) is 24.5 Å². The van der Waals surface area contributed by atoms with E-state index in [9.17, 15) is 4.79 Å². The van der Waals surface area contributed by atoms with E-state index in [1.165, 1.54) is 0 Å². The topological polar surface area (TPSA) is 63.2 Å². The fraction of sp³-hybridized carbons (Fsp3) is 0.176. The number of carbonyl (C=O) groups excluding carboxylic acids is 1. The van der Waals surface area contributed by atoms with Crippen LogP contribution in [0.5, 0.6) is 5.75 Å². The highest BCUT2D eigenvalue weighted by molar-refractivity contribution is 7.22. The molecule has 1 heterocycles. The molecule has 0 unspecified atom stereocenters. The number of nitrogens with one attached hydrogen (secondary N) is 2. The smallest absolute Gasteiger partial charge is 0.257 e. The Kier molecular flexibility index (Phi) is 4.73. The summed E-state index contributed by atoms with van der Waals surface area (Å²) in [5, 5.41) is 6.74. The van der Waals surface area contributed by atoms with Gasteiger partial charge in [-0.15, -0.1) is 0 Å². The van der Waals surface area contributed by atoms with Crippen LogP contribution < -0.4 is 15.4 Å². The Morgan fingerprint density at radius 3 is 2.91 bits per heavy atom. The Morgan fingerprint density at radius 1 is 1.22 bits per heavy atom. The first-order valence-corrected chi connectivity index (χ1v) is 8.08. The normalized spacial score (nSPS) is 10.5. The average molecular weight is 327 g/mol. The molecule has 0 aliphatic carbocycles. The number of carbonyl (C=O) groups is 1. The van der Waals surface area contributed by atoms with Crippen molar-refractivity contribution in [2.24, 2.45) is 0 Å². The van der Waals surface area contributed by atoms with Crippen LogP contribution in [0.1, 0.15) is 5.56 Å². The standard InChI is InChI=1S/C17H17N3O2S/c1-18-16(21)11-22-13-6-4-5-12(9-13)10-19-17-20-14-7-2-3-8-15(14)23-17/h2-9H,10-11H2,1H3,(H,18,21)(H,19,20). The van der Waals surface area contributed by atoms with Crippen molar-refractivity contribution in [2.45, 2.75) is 6.54 Å². The van der Waals surface area contributed by atoms with E-state index in [2.05, 4.69) is 21.7 Å². The third-order valence-electron chi connectivity index (χ3n) is 3.28. The third-order valence-corrected chi connectivity index (χ3v) is 4.28. The third kappa shape index (κ3) is 3.98. The minimum absolute atomic E-state index is 0.0191. The van der Waals surface area contributed by atoms with Crippen molar-refractivity contribution in [1.82, 2.24) is 10.3 Å². The van der Waals surface area contributed by atoms with Crippen molar-refractivity contribution >= 4 is 32.6 Å². The summed E-state index contributed by atoms with van der Waals surface area (Å²) in [7, 11) is 1.59. The second-order valence-corrected chi connectivity index (χ2v) is 5.98. The number of benzene rings is 2. The van der Waals surface area contributed by atoms with Crippen molar-refractivity contribution in [3.05, 3.63) is 54.1 Å². The van der Waals surface area contributed by atoms with Crippen LogP contribution in [0.15, 0.2) is 48.5 Å². The second kappa shape index (κ2) is 7.11. The van der Waals surface area contributed by atoms with E-state index < -0.39 is 0 Å². The van der Waals surface area contributed by atoms with Crippen LogP contribution in [0.4, 0.5) is 5.13 Å². The minimum Gasteiger partial charge on any atom is -0.484 e. The summed E-state index contributed by atoms with van der Waals surface area (Å²) in [5.41, 5.74) is 2.07. The molecule has 6 heteroatoms. The van der Waals surface area contributed by atoms with Gasteiger partial charge in [-0.1, -0.05) is 35.6 Å². The zero-order valence-corrected chi connectivity index (χ0v) is 13.5. The van der Waals surface area contributed by atoms with Gasteiger partial charge in [0.1, 0.15) is 5.75 Å². The summed E-state index contributed by atoms with van der Waals surface area (Å²) in [6.07, 6.45) is 0. The van der Waals surface area contributed by atoms with Gasteiger partial charge in [0.2, 0.25) is 0 Å². The predicted octanol–water partition coefficient (Wildman–Crippen LogP) is 3.03. The molecule has 0 fully saturated rings. The number of aromatic nitrogens is 1. The number of para-hydroxylation sites is 1. The van der Waals surface area contributed by atoms with Crippen molar-refractivity contribution in [3.8, 4) is 5.75 Å². The molecule has 0 spiro atoms. The van der Waals surface area contributed by atoms with Gasteiger partial charge in [0.15, 0.2) is 11.7 Å². The zero-order chi connectivity index (χ0) is 16.1. The van der Waals surface area contributed by atoms with Gasteiger partial charge in [0, 0.05) is 13.6 Å². The molecule has 3 aromatic rings.